The lowest BCUT2D eigenvalue weighted by atomic mass is 9.91. The van der Waals surface area contributed by atoms with Crippen LogP contribution in [0.3, 0.4) is 0 Å². The maximum atomic E-state index is 9.95. The van der Waals surface area contributed by atoms with E-state index in [9.17, 15) is 5.11 Å². The van der Waals surface area contributed by atoms with Crippen molar-refractivity contribution in [1.82, 2.24) is 10.2 Å². The van der Waals surface area contributed by atoms with Crippen LogP contribution in [0.25, 0.3) is 0 Å². The van der Waals surface area contributed by atoms with Gasteiger partial charge in [0.25, 0.3) is 0 Å². The molecule has 1 aliphatic carbocycles. The zero-order valence-corrected chi connectivity index (χ0v) is 12.7. The average Bonchev–Trinajstić information content (AvgIpc) is 3.23. The highest BCUT2D eigenvalue weighted by Gasteiger charge is 2.46. The molecule has 0 radical (unpaired) electrons. The summed E-state index contributed by atoms with van der Waals surface area (Å²) in [4.78, 5) is 2.50. The van der Waals surface area contributed by atoms with E-state index in [1.165, 1.54) is 12.8 Å². The minimum atomic E-state index is -0.0892. The summed E-state index contributed by atoms with van der Waals surface area (Å²) in [6.45, 7) is 7.75. The van der Waals surface area contributed by atoms with Crippen LogP contribution in [0.5, 0.6) is 0 Å². The first kappa shape index (κ1) is 15.2. The van der Waals surface area contributed by atoms with Crippen LogP contribution in [0.15, 0.2) is 0 Å². The van der Waals surface area contributed by atoms with Crippen LogP contribution in [-0.4, -0.2) is 61.0 Å². The molecule has 2 rings (SSSR count). The first-order chi connectivity index (χ1) is 9.09. The van der Waals surface area contributed by atoms with Crippen molar-refractivity contribution in [3.05, 3.63) is 0 Å². The number of nitrogens with one attached hydrogen (secondary N) is 1. The maximum absolute atomic E-state index is 9.95. The van der Waals surface area contributed by atoms with Crippen LogP contribution in [0, 0.1) is 5.92 Å². The third-order valence-electron chi connectivity index (χ3n) is 4.59. The number of likely N-dealkylation sites (tertiary alicyclic amines) is 1. The molecular formula is C15H30N2O2. The molecule has 1 saturated carbocycles. The van der Waals surface area contributed by atoms with Gasteiger partial charge < -0.3 is 20.1 Å². The Morgan fingerprint density at radius 3 is 2.32 bits per heavy atom. The van der Waals surface area contributed by atoms with E-state index in [0.717, 1.165) is 32.5 Å². The number of rotatable bonds is 7. The van der Waals surface area contributed by atoms with Crippen LogP contribution in [0.4, 0.5) is 0 Å². The summed E-state index contributed by atoms with van der Waals surface area (Å²) in [5.41, 5.74) is -0.0892. The van der Waals surface area contributed by atoms with Crippen LogP contribution in [0.1, 0.15) is 39.5 Å². The predicted octanol–water partition coefficient (Wildman–Crippen LogP) is 1.24. The monoisotopic (exact) mass is 270 g/mol. The Balaban J connectivity index is 1.92. The number of aliphatic hydroxyl groups excluding tert-OH is 1. The number of nitrogens with zero attached hydrogens (tertiary/aromatic N) is 1. The van der Waals surface area contributed by atoms with E-state index in [1.807, 2.05) is 7.11 Å². The fraction of sp³-hybridized carbons (Fsp3) is 1.00. The van der Waals surface area contributed by atoms with Crippen molar-refractivity contribution in [3.8, 4) is 0 Å². The molecule has 0 aromatic rings. The number of piperidine rings is 1. The molecule has 2 N–H and O–H groups in total. The molecule has 4 nitrogen and oxygen atoms in total. The molecule has 1 saturated heterocycles. The number of hydrogen-bond donors (Lipinski definition) is 2. The van der Waals surface area contributed by atoms with Gasteiger partial charge in [0.05, 0.1) is 18.2 Å². The molecule has 112 valence electrons. The van der Waals surface area contributed by atoms with Gasteiger partial charge in [-0.15, -0.1) is 0 Å². The Labute approximate surface area is 117 Å². The van der Waals surface area contributed by atoms with Crippen molar-refractivity contribution in [1.29, 1.82) is 0 Å². The van der Waals surface area contributed by atoms with Crippen LogP contribution >= 0.6 is 0 Å². The minimum Gasteiger partial charge on any atom is -0.394 e. The standard InChI is InChI=1S/C15H30N2O2/c1-12(2)16-15(11-18,13-4-5-13)10-17-8-6-14(19-3)7-9-17/h12-14,16,18H,4-11H2,1-3H3. The van der Waals surface area contributed by atoms with Gasteiger partial charge in [-0.1, -0.05) is 13.8 Å². The Bertz CT molecular complexity index is 273. The fourth-order valence-corrected chi connectivity index (χ4v) is 3.43. The third-order valence-corrected chi connectivity index (χ3v) is 4.59. The molecule has 0 spiro atoms. The molecule has 1 heterocycles. The number of methoxy groups -OCH3 is 1. The van der Waals surface area contributed by atoms with Crippen molar-refractivity contribution in [2.45, 2.75) is 57.2 Å². The molecule has 2 fully saturated rings. The van der Waals surface area contributed by atoms with E-state index in [0.29, 0.717) is 18.1 Å². The number of aliphatic hydroxyl groups is 1. The quantitative estimate of drug-likeness (QED) is 0.730. The third kappa shape index (κ3) is 3.91. The summed E-state index contributed by atoms with van der Waals surface area (Å²) in [5.74, 6) is 0.653. The first-order valence-electron chi connectivity index (χ1n) is 7.73. The van der Waals surface area contributed by atoms with Gasteiger partial charge in [-0.25, -0.2) is 0 Å². The summed E-state index contributed by atoms with van der Waals surface area (Å²) in [6.07, 6.45) is 5.18. The smallest absolute Gasteiger partial charge is 0.0628 e. The second-order valence-electron chi connectivity index (χ2n) is 6.60. The lowest BCUT2D eigenvalue weighted by molar-refractivity contribution is 0.0185. The van der Waals surface area contributed by atoms with Crippen LogP contribution in [-0.2, 0) is 4.74 Å². The SMILES string of the molecule is COC1CCN(CC(CO)(NC(C)C)C2CC2)CC1. The molecule has 0 amide bonds. The Kier molecular flexibility index (Phi) is 5.23. The number of ether oxygens (including phenoxy) is 1. The topological polar surface area (TPSA) is 44.7 Å². The van der Waals surface area contributed by atoms with E-state index in [1.54, 1.807) is 0 Å². The Morgan fingerprint density at radius 1 is 1.26 bits per heavy atom. The van der Waals surface area contributed by atoms with Crippen molar-refractivity contribution >= 4 is 0 Å². The van der Waals surface area contributed by atoms with Gasteiger partial charge in [0, 0.05) is 32.8 Å². The lowest BCUT2D eigenvalue weighted by Crippen LogP contribution is -2.60. The highest BCUT2D eigenvalue weighted by atomic mass is 16.5. The lowest BCUT2D eigenvalue weighted by Gasteiger charge is -2.42. The summed E-state index contributed by atoms with van der Waals surface area (Å²) >= 11 is 0. The highest BCUT2D eigenvalue weighted by molar-refractivity contribution is 5.03. The van der Waals surface area contributed by atoms with Gasteiger partial charge in [0.1, 0.15) is 0 Å². The average molecular weight is 270 g/mol. The predicted molar refractivity (Wildman–Crippen MR) is 77.3 cm³/mol. The summed E-state index contributed by atoms with van der Waals surface area (Å²) < 4.78 is 5.43. The normalized spacial score (nSPS) is 25.7. The van der Waals surface area contributed by atoms with E-state index in [4.69, 9.17) is 4.74 Å². The zero-order valence-electron chi connectivity index (χ0n) is 12.7. The first-order valence-corrected chi connectivity index (χ1v) is 7.73. The van der Waals surface area contributed by atoms with Gasteiger partial charge in [-0.05, 0) is 31.6 Å². The molecular weight excluding hydrogens is 240 g/mol. The zero-order chi connectivity index (χ0) is 13.9. The largest absolute Gasteiger partial charge is 0.394 e. The summed E-state index contributed by atoms with van der Waals surface area (Å²) in [5, 5.41) is 13.6. The van der Waals surface area contributed by atoms with Crippen molar-refractivity contribution in [2.24, 2.45) is 5.92 Å². The van der Waals surface area contributed by atoms with Gasteiger partial charge in [0.15, 0.2) is 0 Å². The van der Waals surface area contributed by atoms with Crippen molar-refractivity contribution in [2.75, 3.05) is 33.4 Å². The molecule has 1 atom stereocenters. The Morgan fingerprint density at radius 2 is 1.89 bits per heavy atom. The van der Waals surface area contributed by atoms with E-state index < -0.39 is 0 Å². The van der Waals surface area contributed by atoms with Gasteiger partial charge in [-0.2, -0.15) is 0 Å². The Hall–Kier alpha value is -0.160. The van der Waals surface area contributed by atoms with E-state index in [2.05, 4.69) is 24.1 Å². The van der Waals surface area contributed by atoms with Gasteiger partial charge in [-0.3, -0.25) is 0 Å². The number of hydrogen-bond acceptors (Lipinski definition) is 4. The summed E-state index contributed by atoms with van der Waals surface area (Å²) in [6, 6.07) is 0.421. The molecule has 1 aliphatic heterocycles. The molecule has 0 aromatic carbocycles. The highest BCUT2D eigenvalue weighted by Crippen LogP contribution is 2.40. The second kappa shape index (κ2) is 6.53. The fourth-order valence-electron chi connectivity index (χ4n) is 3.43. The van der Waals surface area contributed by atoms with Crippen molar-refractivity contribution < 1.29 is 9.84 Å². The minimum absolute atomic E-state index is 0.0892. The molecule has 0 bridgehead atoms. The van der Waals surface area contributed by atoms with Crippen LogP contribution < -0.4 is 5.32 Å². The van der Waals surface area contributed by atoms with Gasteiger partial charge >= 0.3 is 0 Å². The van der Waals surface area contributed by atoms with E-state index >= 15 is 0 Å². The molecule has 0 aromatic heterocycles. The van der Waals surface area contributed by atoms with E-state index in [-0.39, 0.29) is 12.1 Å². The molecule has 2 aliphatic rings. The molecule has 4 heteroatoms. The maximum Gasteiger partial charge on any atom is 0.0628 e. The van der Waals surface area contributed by atoms with Crippen molar-refractivity contribution in [3.63, 3.8) is 0 Å². The van der Waals surface area contributed by atoms with Crippen LogP contribution in [0.2, 0.25) is 0 Å². The second-order valence-corrected chi connectivity index (χ2v) is 6.60. The summed E-state index contributed by atoms with van der Waals surface area (Å²) in [7, 11) is 1.81. The van der Waals surface area contributed by atoms with Gasteiger partial charge in [0.2, 0.25) is 0 Å². The molecule has 19 heavy (non-hydrogen) atoms. The molecule has 1 unspecified atom stereocenters.